The summed E-state index contributed by atoms with van der Waals surface area (Å²) in [6, 6.07) is 11.1. The highest BCUT2D eigenvalue weighted by molar-refractivity contribution is 7.14. The maximum atomic E-state index is 12.1. The third-order valence-corrected chi connectivity index (χ3v) is 5.26. The smallest absolute Gasteiger partial charge is 0.267 e. The lowest BCUT2D eigenvalue weighted by Crippen LogP contribution is -2.29. The van der Waals surface area contributed by atoms with Crippen LogP contribution in [0, 0.1) is 0 Å². The van der Waals surface area contributed by atoms with Crippen LogP contribution in [-0.4, -0.2) is 47.5 Å². The number of amides is 1. The number of thiazole rings is 1. The van der Waals surface area contributed by atoms with Crippen molar-refractivity contribution in [2.45, 2.75) is 26.3 Å². The molecule has 2 heterocycles. The van der Waals surface area contributed by atoms with Gasteiger partial charge in [0, 0.05) is 36.3 Å². The molecule has 2 N–H and O–H groups in total. The highest BCUT2D eigenvalue weighted by Gasteiger charge is 2.11. The van der Waals surface area contributed by atoms with Crippen LogP contribution in [0.1, 0.15) is 26.3 Å². The van der Waals surface area contributed by atoms with E-state index in [9.17, 15) is 9.59 Å². The van der Waals surface area contributed by atoms with Crippen molar-refractivity contribution in [2.75, 3.05) is 32.1 Å². The summed E-state index contributed by atoms with van der Waals surface area (Å²) in [5, 5.41) is 12.8. The van der Waals surface area contributed by atoms with Gasteiger partial charge in [0.1, 0.15) is 0 Å². The van der Waals surface area contributed by atoms with Crippen molar-refractivity contribution in [1.29, 1.82) is 0 Å². The Morgan fingerprint density at radius 3 is 2.71 bits per heavy atom. The van der Waals surface area contributed by atoms with Crippen LogP contribution in [0.2, 0.25) is 0 Å². The van der Waals surface area contributed by atoms with Crippen LogP contribution in [0.3, 0.4) is 0 Å². The van der Waals surface area contributed by atoms with E-state index in [1.165, 1.54) is 22.1 Å². The second-order valence-electron chi connectivity index (χ2n) is 7.29. The number of methoxy groups -OCH3 is 1. The molecule has 1 amide bonds. The van der Waals surface area contributed by atoms with Crippen LogP contribution in [0.5, 0.6) is 0 Å². The monoisotopic (exact) mass is 441 g/mol. The average Bonchev–Trinajstić information content (AvgIpc) is 3.22. The van der Waals surface area contributed by atoms with Gasteiger partial charge >= 0.3 is 0 Å². The van der Waals surface area contributed by atoms with Crippen molar-refractivity contribution in [3.63, 3.8) is 0 Å². The van der Waals surface area contributed by atoms with E-state index in [1.807, 2.05) is 43.5 Å². The molecule has 0 aliphatic heterocycles. The predicted octanol–water partition coefficient (Wildman–Crippen LogP) is 3.18. The number of ether oxygens (including phenoxy) is 1. The molecule has 0 saturated carbocycles. The van der Waals surface area contributed by atoms with E-state index in [4.69, 9.17) is 4.74 Å². The molecular weight excluding hydrogens is 414 g/mol. The first-order chi connectivity index (χ1) is 15.0. The zero-order valence-electron chi connectivity index (χ0n) is 17.9. The second kappa shape index (κ2) is 10.9. The first-order valence-corrected chi connectivity index (χ1v) is 11.0. The Kier molecular flexibility index (Phi) is 8.05. The lowest BCUT2D eigenvalue weighted by Gasteiger charge is -2.10. The largest absolute Gasteiger partial charge is 0.385 e. The summed E-state index contributed by atoms with van der Waals surface area (Å²) >= 11 is 1.38. The average molecular weight is 442 g/mol. The number of nitrogens with zero attached hydrogens (tertiary/aromatic N) is 3. The Labute approximate surface area is 185 Å². The topological polar surface area (TPSA) is 98.1 Å². The molecule has 0 aliphatic rings. The number of carbonyl (C=O) groups excluding carboxylic acids is 1. The fourth-order valence-corrected chi connectivity index (χ4v) is 3.69. The third-order valence-electron chi connectivity index (χ3n) is 4.51. The summed E-state index contributed by atoms with van der Waals surface area (Å²) in [5.41, 5.74) is 3.18. The minimum Gasteiger partial charge on any atom is -0.385 e. The van der Waals surface area contributed by atoms with Crippen LogP contribution in [0.15, 0.2) is 46.6 Å². The summed E-state index contributed by atoms with van der Waals surface area (Å²) < 4.78 is 6.45. The maximum Gasteiger partial charge on any atom is 0.267 e. The molecule has 3 aromatic rings. The highest BCUT2D eigenvalue weighted by Crippen LogP contribution is 2.28. The molecule has 0 unspecified atom stereocenters. The number of carbonyl (C=O) groups is 1. The van der Waals surface area contributed by atoms with Gasteiger partial charge in [-0.15, -0.1) is 11.3 Å². The maximum absolute atomic E-state index is 12.1. The Morgan fingerprint density at radius 1 is 1.19 bits per heavy atom. The molecule has 0 aliphatic carbocycles. The van der Waals surface area contributed by atoms with Crippen LogP contribution in [0.25, 0.3) is 22.5 Å². The van der Waals surface area contributed by atoms with Gasteiger partial charge in [-0.05, 0) is 38.9 Å². The van der Waals surface area contributed by atoms with Crippen molar-refractivity contribution in [3.8, 4) is 22.5 Å². The summed E-state index contributed by atoms with van der Waals surface area (Å²) in [7, 11) is 1.66. The lowest BCUT2D eigenvalue weighted by atomic mass is 10.1. The van der Waals surface area contributed by atoms with Crippen molar-refractivity contribution in [2.24, 2.45) is 0 Å². The van der Waals surface area contributed by atoms with E-state index < -0.39 is 0 Å². The molecule has 0 spiro atoms. The summed E-state index contributed by atoms with van der Waals surface area (Å²) in [5.74, 6) is -0.132. The number of hydrogen-bond donors (Lipinski definition) is 2. The number of rotatable bonds is 10. The second-order valence-corrected chi connectivity index (χ2v) is 8.14. The Balaban J connectivity index is 1.68. The summed E-state index contributed by atoms with van der Waals surface area (Å²) in [6.45, 7) is 5.46. The minimum absolute atomic E-state index is 0.0187. The van der Waals surface area contributed by atoms with Crippen molar-refractivity contribution < 1.29 is 9.53 Å². The zero-order chi connectivity index (χ0) is 22.2. The first kappa shape index (κ1) is 22.8. The SMILES string of the molecule is COCCCNCC(=O)Nc1nc(-c2cccc(-c3ccc(=O)n(C(C)C)n3)c2)cs1. The molecule has 2 aromatic heterocycles. The molecular formula is C22H27N5O3S. The van der Waals surface area contributed by atoms with Gasteiger partial charge in [0.15, 0.2) is 5.13 Å². The van der Waals surface area contributed by atoms with E-state index in [2.05, 4.69) is 20.7 Å². The van der Waals surface area contributed by atoms with Gasteiger partial charge in [0.05, 0.1) is 24.0 Å². The molecule has 9 heteroatoms. The van der Waals surface area contributed by atoms with E-state index in [-0.39, 0.29) is 24.1 Å². The molecule has 31 heavy (non-hydrogen) atoms. The molecule has 1 aromatic carbocycles. The van der Waals surface area contributed by atoms with E-state index >= 15 is 0 Å². The Hall–Kier alpha value is -2.88. The number of nitrogens with one attached hydrogen (secondary N) is 2. The predicted molar refractivity (Wildman–Crippen MR) is 123 cm³/mol. The van der Waals surface area contributed by atoms with Gasteiger partial charge in [-0.2, -0.15) is 5.10 Å². The molecule has 8 nitrogen and oxygen atoms in total. The quantitative estimate of drug-likeness (QED) is 0.469. The molecule has 0 radical (unpaired) electrons. The van der Waals surface area contributed by atoms with Crippen molar-refractivity contribution in [3.05, 3.63) is 52.1 Å². The first-order valence-electron chi connectivity index (χ1n) is 10.1. The van der Waals surface area contributed by atoms with Gasteiger partial charge in [0.25, 0.3) is 5.56 Å². The summed E-state index contributed by atoms with van der Waals surface area (Å²) in [4.78, 5) is 28.6. The summed E-state index contributed by atoms with van der Waals surface area (Å²) in [6.07, 6.45) is 0.852. The van der Waals surface area contributed by atoms with Gasteiger partial charge in [-0.25, -0.2) is 9.67 Å². The fraction of sp³-hybridized carbons (Fsp3) is 0.364. The number of benzene rings is 1. The van der Waals surface area contributed by atoms with E-state index in [1.54, 1.807) is 13.2 Å². The number of anilines is 1. The Bertz CT molecular complexity index is 1080. The zero-order valence-corrected chi connectivity index (χ0v) is 18.7. The number of hydrogen-bond acceptors (Lipinski definition) is 7. The van der Waals surface area contributed by atoms with Crippen LogP contribution >= 0.6 is 11.3 Å². The third kappa shape index (κ3) is 6.30. The Morgan fingerprint density at radius 2 is 1.97 bits per heavy atom. The molecule has 0 atom stereocenters. The van der Waals surface area contributed by atoms with Crippen LogP contribution < -0.4 is 16.2 Å². The fourth-order valence-electron chi connectivity index (χ4n) is 2.96. The van der Waals surface area contributed by atoms with Gasteiger partial charge in [0.2, 0.25) is 5.91 Å². The lowest BCUT2D eigenvalue weighted by molar-refractivity contribution is -0.115. The molecule has 0 saturated heterocycles. The van der Waals surface area contributed by atoms with Gasteiger partial charge in [-0.1, -0.05) is 18.2 Å². The molecule has 3 rings (SSSR count). The standard InChI is InChI=1S/C22H27N5O3S/c1-15(2)27-21(29)9-8-18(26-27)16-6-4-7-17(12-16)19-14-31-22(24-19)25-20(28)13-23-10-5-11-30-3/h4,6-9,12,14-15,23H,5,10-11,13H2,1-3H3,(H,24,25,28). The number of aromatic nitrogens is 3. The molecule has 164 valence electrons. The molecule has 0 fully saturated rings. The minimum atomic E-state index is -0.132. The van der Waals surface area contributed by atoms with Crippen molar-refractivity contribution in [1.82, 2.24) is 20.1 Å². The van der Waals surface area contributed by atoms with E-state index in [0.29, 0.717) is 11.7 Å². The van der Waals surface area contributed by atoms with Gasteiger partial charge < -0.3 is 15.4 Å². The van der Waals surface area contributed by atoms with Gasteiger partial charge in [-0.3, -0.25) is 9.59 Å². The van der Waals surface area contributed by atoms with E-state index in [0.717, 1.165) is 35.5 Å². The normalized spacial score (nSPS) is 11.1. The highest BCUT2D eigenvalue weighted by atomic mass is 32.1. The van der Waals surface area contributed by atoms with Crippen LogP contribution in [0.4, 0.5) is 5.13 Å². The van der Waals surface area contributed by atoms with Crippen LogP contribution in [-0.2, 0) is 9.53 Å². The van der Waals surface area contributed by atoms with Crippen molar-refractivity contribution >= 4 is 22.4 Å². The molecule has 0 bridgehead atoms.